The van der Waals surface area contributed by atoms with Gasteiger partial charge in [0.2, 0.25) is 0 Å². The summed E-state index contributed by atoms with van der Waals surface area (Å²) in [6.45, 7) is 8.88. The molecule has 2 rings (SSSR count). The molecule has 2 heteroatoms. The summed E-state index contributed by atoms with van der Waals surface area (Å²) in [5.74, 6) is 1.19. The van der Waals surface area contributed by atoms with Crippen molar-refractivity contribution in [2.75, 3.05) is 13.2 Å². The molecule has 1 aliphatic carbocycles. The van der Waals surface area contributed by atoms with Crippen LogP contribution >= 0.6 is 0 Å². The van der Waals surface area contributed by atoms with Gasteiger partial charge in [-0.3, -0.25) is 0 Å². The Morgan fingerprint density at radius 2 is 1.74 bits per heavy atom. The maximum Gasteiger partial charge on any atom is 0.0462 e. The monoisotopic (exact) mass is 261 g/mol. The largest absolute Gasteiger partial charge is 0.396 e. The molecule has 0 aromatic heterocycles. The lowest BCUT2D eigenvalue weighted by atomic mass is 9.96. The Balaban J connectivity index is 1.87. The van der Waals surface area contributed by atoms with E-state index in [1.54, 1.807) is 0 Å². The average Bonchev–Trinajstić information content (AvgIpc) is 2.83. The number of benzene rings is 1. The van der Waals surface area contributed by atoms with Crippen LogP contribution in [0.3, 0.4) is 0 Å². The molecule has 0 amide bonds. The average molecular weight is 261 g/mol. The summed E-state index contributed by atoms with van der Waals surface area (Å²) < 4.78 is 0. The van der Waals surface area contributed by atoms with Gasteiger partial charge in [-0.05, 0) is 74.2 Å². The van der Waals surface area contributed by atoms with Crippen LogP contribution in [-0.4, -0.2) is 18.3 Å². The number of hydrogen-bond acceptors (Lipinski definition) is 2. The fraction of sp³-hybridized carbons (Fsp3) is 0.647. The van der Waals surface area contributed by atoms with E-state index >= 15 is 0 Å². The van der Waals surface area contributed by atoms with Gasteiger partial charge in [0.15, 0.2) is 0 Å². The highest BCUT2D eigenvalue weighted by molar-refractivity contribution is 5.36. The minimum absolute atomic E-state index is 0.356. The first-order valence-electron chi connectivity index (χ1n) is 7.50. The summed E-state index contributed by atoms with van der Waals surface area (Å²) in [5.41, 5.74) is 5.52. The maximum absolute atomic E-state index is 9.34. The number of nitrogens with one attached hydrogen (secondary N) is 1. The molecule has 1 saturated carbocycles. The van der Waals surface area contributed by atoms with Gasteiger partial charge >= 0.3 is 0 Å². The lowest BCUT2D eigenvalue weighted by molar-refractivity contribution is 0.192. The van der Waals surface area contributed by atoms with Gasteiger partial charge in [0.05, 0.1) is 0 Å². The van der Waals surface area contributed by atoms with Crippen LogP contribution in [-0.2, 0) is 6.54 Å². The van der Waals surface area contributed by atoms with Crippen molar-refractivity contribution in [3.05, 3.63) is 34.4 Å². The van der Waals surface area contributed by atoms with Crippen LogP contribution in [0.15, 0.2) is 12.1 Å². The Kier molecular flexibility index (Phi) is 5.00. The molecule has 0 saturated heterocycles. The van der Waals surface area contributed by atoms with Crippen LogP contribution in [0.2, 0.25) is 0 Å². The summed E-state index contributed by atoms with van der Waals surface area (Å²) in [6, 6.07) is 4.58. The van der Waals surface area contributed by atoms with Gasteiger partial charge in [0, 0.05) is 13.2 Å². The Hall–Kier alpha value is -0.860. The van der Waals surface area contributed by atoms with Crippen molar-refractivity contribution in [1.29, 1.82) is 0 Å². The SMILES string of the molecule is Cc1cc(C)c(CNCC2CCCC2CO)cc1C. The molecule has 1 fully saturated rings. The first-order chi connectivity index (χ1) is 9.11. The van der Waals surface area contributed by atoms with Gasteiger partial charge in [-0.15, -0.1) is 0 Å². The van der Waals surface area contributed by atoms with Gasteiger partial charge in [0.1, 0.15) is 0 Å². The van der Waals surface area contributed by atoms with E-state index in [9.17, 15) is 5.11 Å². The predicted octanol–water partition coefficient (Wildman–Crippen LogP) is 3.11. The number of rotatable bonds is 5. The molecule has 2 nitrogen and oxygen atoms in total. The van der Waals surface area contributed by atoms with E-state index < -0.39 is 0 Å². The molecule has 0 heterocycles. The van der Waals surface area contributed by atoms with Crippen LogP contribution in [0.1, 0.15) is 41.5 Å². The first kappa shape index (κ1) is 14.5. The van der Waals surface area contributed by atoms with E-state index in [0.717, 1.165) is 13.1 Å². The zero-order valence-corrected chi connectivity index (χ0v) is 12.5. The molecule has 2 atom stereocenters. The first-order valence-corrected chi connectivity index (χ1v) is 7.50. The van der Waals surface area contributed by atoms with E-state index in [1.807, 2.05) is 0 Å². The Labute approximate surface area is 117 Å². The molecule has 1 aliphatic rings. The van der Waals surface area contributed by atoms with Crippen LogP contribution in [0.5, 0.6) is 0 Å². The third-order valence-electron chi connectivity index (χ3n) is 4.73. The van der Waals surface area contributed by atoms with E-state index in [-0.39, 0.29) is 0 Å². The summed E-state index contributed by atoms with van der Waals surface area (Å²) >= 11 is 0. The topological polar surface area (TPSA) is 32.3 Å². The van der Waals surface area contributed by atoms with Crippen molar-refractivity contribution in [3.8, 4) is 0 Å². The highest BCUT2D eigenvalue weighted by atomic mass is 16.3. The molecule has 1 aromatic rings. The van der Waals surface area contributed by atoms with Gasteiger partial charge < -0.3 is 10.4 Å². The van der Waals surface area contributed by atoms with Gasteiger partial charge in [-0.2, -0.15) is 0 Å². The lowest BCUT2D eigenvalue weighted by Crippen LogP contribution is -2.26. The van der Waals surface area contributed by atoms with Gasteiger partial charge in [-0.1, -0.05) is 18.6 Å². The van der Waals surface area contributed by atoms with Crippen LogP contribution in [0.4, 0.5) is 0 Å². The third kappa shape index (κ3) is 3.58. The fourth-order valence-corrected chi connectivity index (χ4v) is 3.23. The molecule has 0 spiro atoms. The van der Waals surface area contributed by atoms with Crippen molar-refractivity contribution in [1.82, 2.24) is 5.32 Å². The van der Waals surface area contributed by atoms with Crippen LogP contribution < -0.4 is 5.32 Å². The predicted molar refractivity (Wildman–Crippen MR) is 80.3 cm³/mol. The van der Waals surface area contributed by atoms with Crippen LogP contribution in [0, 0.1) is 32.6 Å². The summed E-state index contributed by atoms with van der Waals surface area (Å²) in [5, 5.41) is 12.9. The molecule has 2 N–H and O–H groups in total. The second-order valence-corrected chi connectivity index (χ2v) is 6.13. The standard InChI is InChI=1S/C17H27NO/c1-12-7-14(3)17(8-13(12)2)10-18-9-15-5-4-6-16(15)11-19/h7-8,15-16,18-19H,4-6,9-11H2,1-3H3. The number of aryl methyl sites for hydroxylation is 3. The van der Waals surface area contributed by atoms with E-state index in [1.165, 1.54) is 41.5 Å². The second-order valence-electron chi connectivity index (χ2n) is 6.13. The minimum Gasteiger partial charge on any atom is -0.396 e. The highest BCUT2D eigenvalue weighted by Crippen LogP contribution is 2.30. The van der Waals surface area contributed by atoms with Crippen molar-refractivity contribution >= 4 is 0 Å². The summed E-state index contributed by atoms with van der Waals surface area (Å²) in [6.07, 6.45) is 3.75. The van der Waals surface area contributed by atoms with Crippen molar-refractivity contribution < 1.29 is 5.11 Å². The highest BCUT2D eigenvalue weighted by Gasteiger charge is 2.25. The zero-order valence-electron chi connectivity index (χ0n) is 12.5. The van der Waals surface area contributed by atoms with Crippen molar-refractivity contribution in [3.63, 3.8) is 0 Å². The smallest absolute Gasteiger partial charge is 0.0462 e. The molecule has 0 aliphatic heterocycles. The molecule has 1 aromatic carbocycles. The van der Waals surface area contributed by atoms with Crippen molar-refractivity contribution in [2.24, 2.45) is 11.8 Å². The minimum atomic E-state index is 0.356. The normalized spacial score (nSPS) is 22.9. The molecular weight excluding hydrogens is 234 g/mol. The summed E-state index contributed by atoms with van der Waals surface area (Å²) in [4.78, 5) is 0. The number of aliphatic hydroxyl groups excluding tert-OH is 1. The summed E-state index contributed by atoms with van der Waals surface area (Å²) in [7, 11) is 0. The number of hydrogen-bond donors (Lipinski definition) is 2. The van der Waals surface area contributed by atoms with Gasteiger partial charge in [-0.25, -0.2) is 0 Å². The Bertz CT molecular complexity index is 428. The Morgan fingerprint density at radius 3 is 2.47 bits per heavy atom. The number of aliphatic hydroxyl groups is 1. The zero-order chi connectivity index (χ0) is 13.8. The molecule has 2 unspecified atom stereocenters. The van der Waals surface area contributed by atoms with Crippen molar-refractivity contribution in [2.45, 2.75) is 46.6 Å². The maximum atomic E-state index is 9.34. The third-order valence-corrected chi connectivity index (χ3v) is 4.73. The lowest BCUT2D eigenvalue weighted by Gasteiger charge is -2.18. The molecular formula is C17H27NO. The second kappa shape index (κ2) is 6.53. The van der Waals surface area contributed by atoms with Gasteiger partial charge in [0.25, 0.3) is 0 Å². The van der Waals surface area contributed by atoms with E-state index in [0.29, 0.717) is 18.4 Å². The molecule has 0 radical (unpaired) electrons. The van der Waals surface area contributed by atoms with E-state index in [4.69, 9.17) is 0 Å². The fourth-order valence-electron chi connectivity index (χ4n) is 3.23. The quantitative estimate of drug-likeness (QED) is 0.853. The van der Waals surface area contributed by atoms with Crippen LogP contribution in [0.25, 0.3) is 0 Å². The van der Waals surface area contributed by atoms with E-state index in [2.05, 4.69) is 38.2 Å². The molecule has 19 heavy (non-hydrogen) atoms. The molecule has 106 valence electrons. The Morgan fingerprint density at radius 1 is 1.05 bits per heavy atom. The molecule has 0 bridgehead atoms.